The lowest BCUT2D eigenvalue weighted by molar-refractivity contribution is 0.560. The van der Waals surface area contributed by atoms with Gasteiger partial charge in [0.2, 0.25) is 0 Å². The Bertz CT molecular complexity index is 363. The fourth-order valence-corrected chi connectivity index (χ4v) is 2.50. The molecule has 2 nitrogen and oxygen atoms in total. The van der Waals surface area contributed by atoms with Crippen molar-refractivity contribution in [3.05, 3.63) is 21.1 Å². The maximum absolute atomic E-state index is 6.05. The molecule has 1 heterocycles. The second kappa shape index (κ2) is 5.02. The molecule has 0 amide bonds. The highest BCUT2D eigenvalue weighted by Gasteiger charge is 2.22. The number of rotatable bonds is 2. The summed E-state index contributed by atoms with van der Waals surface area (Å²) in [4.78, 5) is 8.75. The van der Waals surface area contributed by atoms with Crippen LogP contribution in [0.15, 0.2) is 4.47 Å². The van der Waals surface area contributed by atoms with Crippen LogP contribution in [-0.2, 0) is 11.2 Å². The lowest BCUT2D eigenvalue weighted by atomic mass is 9.92. The van der Waals surface area contributed by atoms with Crippen molar-refractivity contribution in [2.45, 2.75) is 31.9 Å². The van der Waals surface area contributed by atoms with Gasteiger partial charge in [0.25, 0.3) is 0 Å². The van der Waals surface area contributed by atoms with E-state index in [0.717, 1.165) is 21.7 Å². The van der Waals surface area contributed by atoms with Crippen LogP contribution in [-0.4, -0.2) is 16.2 Å². The molecule has 1 aromatic heterocycles. The minimum absolute atomic E-state index is 0.0292. The van der Waals surface area contributed by atoms with Gasteiger partial charge in [-0.25, -0.2) is 9.97 Å². The van der Waals surface area contributed by atoms with Crippen molar-refractivity contribution in [2.24, 2.45) is 0 Å². The van der Waals surface area contributed by atoms with Crippen molar-refractivity contribution in [3.63, 3.8) is 0 Å². The van der Waals surface area contributed by atoms with Crippen LogP contribution < -0.4 is 0 Å². The summed E-state index contributed by atoms with van der Waals surface area (Å²) in [6.07, 6.45) is 2.02. The Kier molecular flexibility index (Phi) is 4.44. The van der Waals surface area contributed by atoms with Gasteiger partial charge in [-0.1, -0.05) is 32.4 Å². The molecule has 0 N–H and O–H groups in total. The van der Waals surface area contributed by atoms with E-state index in [-0.39, 0.29) is 5.41 Å². The molecule has 0 fully saturated rings. The normalized spacial score (nSPS) is 11.9. The zero-order valence-electron chi connectivity index (χ0n) is 9.27. The molecule has 1 aromatic rings. The van der Waals surface area contributed by atoms with E-state index in [9.17, 15) is 0 Å². The van der Waals surface area contributed by atoms with E-state index in [2.05, 4.69) is 46.7 Å². The van der Waals surface area contributed by atoms with Crippen LogP contribution in [0.1, 0.15) is 32.3 Å². The first-order chi connectivity index (χ1) is 6.86. The summed E-state index contributed by atoms with van der Waals surface area (Å²) < 4.78 is 0.807. The number of aromatic nitrogens is 2. The highest BCUT2D eigenvalue weighted by Crippen LogP contribution is 2.32. The molecule has 0 saturated heterocycles. The fraction of sp³-hybridized carbons (Fsp3) is 0.600. The standard InChI is InChI=1S/C10H14BrClN2S/c1-10(2,3)8-7(11)9(12)14-6(13-8)5-15-4/h5H2,1-4H3. The van der Waals surface area contributed by atoms with E-state index in [0.29, 0.717) is 5.15 Å². The highest BCUT2D eigenvalue weighted by molar-refractivity contribution is 9.10. The van der Waals surface area contributed by atoms with Crippen molar-refractivity contribution < 1.29 is 0 Å². The molecule has 0 atom stereocenters. The average molecular weight is 310 g/mol. The first-order valence-electron chi connectivity index (χ1n) is 4.57. The van der Waals surface area contributed by atoms with Gasteiger partial charge in [0.1, 0.15) is 11.0 Å². The van der Waals surface area contributed by atoms with E-state index in [4.69, 9.17) is 11.6 Å². The smallest absolute Gasteiger partial charge is 0.147 e. The second-order valence-corrected chi connectivity index (χ2v) is 6.29. The lowest BCUT2D eigenvalue weighted by Gasteiger charge is -2.20. The Balaban J connectivity index is 3.25. The van der Waals surface area contributed by atoms with Gasteiger partial charge in [0, 0.05) is 5.41 Å². The molecule has 0 spiro atoms. The van der Waals surface area contributed by atoms with Crippen molar-refractivity contribution in [1.82, 2.24) is 9.97 Å². The SMILES string of the molecule is CSCc1nc(Cl)c(Br)c(C(C)(C)C)n1. The number of hydrogen-bond acceptors (Lipinski definition) is 3. The molecular formula is C10H14BrClN2S. The predicted octanol–water partition coefficient (Wildman–Crippen LogP) is 4.05. The number of hydrogen-bond donors (Lipinski definition) is 0. The summed E-state index contributed by atoms with van der Waals surface area (Å²) in [5, 5.41) is 0.499. The molecule has 15 heavy (non-hydrogen) atoms. The highest BCUT2D eigenvalue weighted by atomic mass is 79.9. The Labute approximate surface area is 108 Å². The predicted molar refractivity (Wildman–Crippen MR) is 70.7 cm³/mol. The van der Waals surface area contributed by atoms with Gasteiger partial charge in [0.15, 0.2) is 0 Å². The molecule has 0 aliphatic rings. The van der Waals surface area contributed by atoms with E-state index in [1.165, 1.54) is 0 Å². The van der Waals surface area contributed by atoms with Crippen LogP contribution in [0.2, 0.25) is 5.15 Å². The maximum atomic E-state index is 6.05. The van der Waals surface area contributed by atoms with Crippen molar-refractivity contribution >= 4 is 39.3 Å². The van der Waals surface area contributed by atoms with Gasteiger partial charge in [-0.2, -0.15) is 11.8 Å². The van der Waals surface area contributed by atoms with E-state index in [1.54, 1.807) is 11.8 Å². The van der Waals surface area contributed by atoms with Gasteiger partial charge in [-0.3, -0.25) is 0 Å². The molecule has 0 radical (unpaired) electrons. The third kappa shape index (κ3) is 3.33. The van der Waals surface area contributed by atoms with Crippen LogP contribution in [0, 0.1) is 0 Å². The zero-order chi connectivity index (χ0) is 11.6. The molecular weight excluding hydrogens is 296 g/mol. The van der Waals surface area contributed by atoms with Crippen LogP contribution in [0.3, 0.4) is 0 Å². The minimum Gasteiger partial charge on any atom is -0.235 e. The van der Waals surface area contributed by atoms with Crippen LogP contribution >= 0.6 is 39.3 Å². The molecule has 0 bridgehead atoms. The summed E-state index contributed by atoms with van der Waals surface area (Å²) in [5.74, 6) is 1.58. The number of halogens is 2. The van der Waals surface area contributed by atoms with Crippen molar-refractivity contribution in [3.8, 4) is 0 Å². The lowest BCUT2D eigenvalue weighted by Crippen LogP contribution is -2.16. The molecule has 1 rings (SSSR count). The summed E-state index contributed by atoms with van der Waals surface area (Å²) in [6, 6.07) is 0. The van der Waals surface area contributed by atoms with Crippen molar-refractivity contribution in [1.29, 1.82) is 0 Å². The first kappa shape index (κ1) is 13.3. The van der Waals surface area contributed by atoms with Gasteiger partial charge < -0.3 is 0 Å². The van der Waals surface area contributed by atoms with E-state index in [1.807, 2.05) is 6.26 Å². The molecule has 0 aliphatic heterocycles. The third-order valence-electron chi connectivity index (χ3n) is 1.84. The van der Waals surface area contributed by atoms with Gasteiger partial charge in [-0.15, -0.1) is 0 Å². The Morgan fingerprint density at radius 1 is 1.33 bits per heavy atom. The Hall–Kier alpha value is 0.200. The topological polar surface area (TPSA) is 25.8 Å². The molecule has 84 valence electrons. The Morgan fingerprint density at radius 2 is 1.93 bits per heavy atom. The summed E-state index contributed by atoms with van der Waals surface area (Å²) in [5.41, 5.74) is 0.935. The van der Waals surface area contributed by atoms with Gasteiger partial charge in [-0.05, 0) is 22.2 Å². The first-order valence-corrected chi connectivity index (χ1v) is 7.14. The number of nitrogens with zero attached hydrogens (tertiary/aromatic N) is 2. The van der Waals surface area contributed by atoms with E-state index < -0.39 is 0 Å². The van der Waals surface area contributed by atoms with Crippen LogP contribution in [0.5, 0.6) is 0 Å². The Morgan fingerprint density at radius 3 is 2.40 bits per heavy atom. The average Bonchev–Trinajstić information content (AvgIpc) is 2.09. The third-order valence-corrected chi connectivity index (χ3v) is 3.64. The summed E-state index contributed by atoms with van der Waals surface area (Å²) in [6.45, 7) is 6.33. The minimum atomic E-state index is -0.0292. The summed E-state index contributed by atoms with van der Waals surface area (Å²) >= 11 is 11.2. The van der Waals surface area contributed by atoms with Gasteiger partial charge in [0.05, 0.1) is 15.9 Å². The van der Waals surface area contributed by atoms with Crippen LogP contribution in [0.4, 0.5) is 0 Å². The van der Waals surface area contributed by atoms with Gasteiger partial charge >= 0.3 is 0 Å². The largest absolute Gasteiger partial charge is 0.235 e. The quantitative estimate of drug-likeness (QED) is 0.771. The van der Waals surface area contributed by atoms with E-state index >= 15 is 0 Å². The fourth-order valence-electron chi connectivity index (χ4n) is 1.15. The zero-order valence-corrected chi connectivity index (χ0v) is 12.4. The van der Waals surface area contributed by atoms with Crippen molar-refractivity contribution in [2.75, 3.05) is 6.26 Å². The maximum Gasteiger partial charge on any atom is 0.147 e. The number of thioether (sulfide) groups is 1. The summed E-state index contributed by atoms with van der Waals surface area (Å²) in [7, 11) is 0. The monoisotopic (exact) mass is 308 g/mol. The molecule has 0 saturated carbocycles. The molecule has 0 unspecified atom stereocenters. The molecule has 5 heteroatoms. The molecule has 0 aromatic carbocycles. The second-order valence-electron chi connectivity index (χ2n) is 4.28. The van der Waals surface area contributed by atoms with Crippen LogP contribution in [0.25, 0.3) is 0 Å². The molecule has 0 aliphatic carbocycles.